The quantitative estimate of drug-likeness (QED) is 0.760. The Bertz CT molecular complexity index is 779. The minimum atomic E-state index is 0.192. The van der Waals surface area contributed by atoms with E-state index in [1.807, 2.05) is 23.1 Å². The Hall–Kier alpha value is -1.57. The number of hydrogen-bond donors (Lipinski definition) is 0. The molecular formula is C20H28N4O2S. The van der Waals surface area contributed by atoms with Crippen LogP contribution >= 0.6 is 11.8 Å². The Labute approximate surface area is 164 Å². The minimum Gasteiger partial charge on any atom is -0.377 e. The molecule has 1 aromatic carbocycles. The van der Waals surface area contributed by atoms with E-state index in [2.05, 4.69) is 21.8 Å². The van der Waals surface area contributed by atoms with Gasteiger partial charge in [-0.25, -0.2) is 4.98 Å². The first-order valence-electron chi connectivity index (χ1n) is 9.79. The number of nitrogens with zero attached hydrogens (tertiary/aromatic N) is 4. The maximum Gasteiger partial charge on any atom is 0.242 e. The van der Waals surface area contributed by atoms with E-state index in [-0.39, 0.29) is 5.91 Å². The zero-order valence-corrected chi connectivity index (χ0v) is 16.8. The van der Waals surface area contributed by atoms with Gasteiger partial charge in [-0.15, -0.1) is 0 Å². The molecule has 2 aliphatic heterocycles. The smallest absolute Gasteiger partial charge is 0.242 e. The van der Waals surface area contributed by atoms with Crippen molar-refractivity contribution in [1.29, 1.82) is 0 Å². The van der Waals surface area contributed by atoms with Crippen molar-refractivity contribution in [2.24, 2.45) is 0 Å². The average molecular weight is 389 g/mol. The number of thioether (sulfide) groups is 1. The highest BCUT2D eigenvalue weighted by Gasteiger charge is 2.25. The Morgan fingerprint density at radius 3 is 2.81 bits per heavy atom. The summed E-state index contributed by atoms with van der Waals surface area (Å²) >= 11 is 1.74. The van der Waals surface area contributed by atoms with E-state index in [1.165, 1.54) is 12.8 Å². The summed E-state index contributed by atoms with van der Waals surface area (Å²) in [4.78, 5) is 22.1. The van der Waals surface area contributed by atoms with Crippen molar-refractivity contribution in [1.82, 2.24) is 19.4 Å². The van der Waals surface area contributed by atoms with Crippen LogP contribution in [0.4, 0.5) is 0 Å². The summed E-state index contributed by atoms with van der Waals surface area (Å²) in [5.41, 5.74) is 2.02. The van der Waals surface area contributed by atoms with Crippen molar-refractivity contribution in [2.75, 3.05) is 45.6 Å². The van der Waals surface area contributed by atoms with Crippen LogP contribution in [0.25, 0.3) is 11.0 Å². The molecular weight excluding hydrogens is 360 g/mol. The molecule has 0 saturated carbocycles. The lowest BCUT2D eigenvalue weighted by atomic mass is 10.2. The number of ether oxygens (including phenoxy) is 1. The molecule has 0 bridgehead atoms. The number of imidazole rings is 1. The number of carbonyl (C=O) groups is 1. The second kappa shape index (κ2) is 8.63. The SMILES string of the molecule is CSCc1nc2ccccc2n1CC(=O)N1CCN(CC2CCCO2)CC1. The fraction of sp³-hybridized carbons (Fsp3) is 0.600. The number of rotatable bonds is 6. The highest BCUT2D eigenvalue weighted by atomic mass is 32.2. The Morgan fingerprint density at radius 2 is 2.07 bits per heavy atom. The van der Waals surface area contributed by atoms with Crippen LogP contribution in [0.5, 0.6) is 0 Å². The van der Waals surface area contributed by atoms with Crippen LogP contribution < -0.4 is 0 Å². The number of para-hydroxylation sites is 2. The molecule has 2 saturated heterocycles. The van der Waals surface area contributed by atoms with E-state index in [0.717, 1.165) is 61.9 Å². The molecule has 2 aliphatic rings. The fourth-order valence-electron chi connectivity index (χ4n) is 4.03. The fourth-order valence-corrected chi connectivity index (χ4v) is 4.51. The summed E-state index contributed by atoms with van der Waals surface area (Å²) in [6.07, 6.45) is 4.81. The van der Waals surface area contributed by atoms with Crippen LogP contribution in [0.3, 0.4) is 0 Å². The first kappa shape index (κ1) is 18.8. The van der Waals surface area contributed by atoms with Crippen molar-refractivity contribution < 1.29 is 9.53 Å². The molecule has 1 aromatic heterocycles. The number of amides is 1. The molecule has 0 radical (unpaired) electrons. The molecule has 1 unspecified atom stereocenters. The second-order valence-corrected chi connectivity index (χ2v) is 8.22. The van der Waals surface area contributed by atoms with Crippen LogP contribution in [-0.2, 0) is 21.8 Å². The molecule has 2 fully saturated rings. The van der Waals surface area contributed by atoms with Crippen LogP contribution in [-0.4, -0.2) is 76.9 Å². The zero-order valence-electron chi connectivity index (χ0n) is 16.0. The largest absolute Gasteiger partial charge is 0.377 e. The third-order valence-electron chi connectivity index (χ3n) is 5.51. The molecule has 7 heteroatoms. The summed E-state index contributed by atoms with van der Waals surface area (Å²) < 4.78 is 7.83. The predicted molar refractivity (Wildman–Crippen MR) is 109 cm³/mol. The van der Waals surface area contributed by atoms with Gasteiger partial charge in [-0.1, -0.05) is 12.1 Å². The van der Waals surface area contributed by atoms with Gasteiger partial charge < -0.3 is 14.2 Å². The molecule has 1 amide bonds. The van der Waals surface area contributed by atoms with Gasteiger partial charge in [0.2, 0.25) is 5.91 Å². The van der Waals surface area contributed by atoms with Gasteiger partial charge in [0.1, 0.15) is 12.4 Å². The van der Waals surface area contributed by atoms with Gasteiger partial charge in [0.25, 0.3) is 0 Å². The normalized spacial score (nSPS) is 21.2. The Balaban J connectivity index is 1.38. The maximum atomic E-state index is 12.9. The summed E-state index contributed by atoms with van der Waals surface area (Å²) in [5.74, 6) is 1.99. The van der Waals surface area contributed by atoms with Gasteiger partial charge in [0.15, 0.2) is 0 Å². The maximum absolute atomic E-state index is 12.9. The van der Waals surface area contributed by atoms with E-state index in [1.54, 1.807) is 11.8 Å². The predicted octanol–water partition coefficient (Wildman–Crippen LogP) is 2.22. The number of benzene rings is 1. The van der Waals surface area contributed by atoms with E-state index < -0.39 is 0 Å². The second-order valence-electron chi connectivity index (χ2n) is 7.35. The molecule has 1 atom stereocenters. The summed E-state index contributed by atoms with van der Waals surface area (Å²) in [6, 6.07) is 8.08. The molecule has 4 rings (SSSR count). The molecule has 27 heavy (non-hydrogen) atoms. The molecule has 3 heterocycles. The molecule has 146 valence electrons. The molecule has 0 spiro atoms. The minimum absolute atomic E-state index is 0.192. The van der Waals surface area contributed by atoms with Gasteiger partial charge in [0, 0.05) is 39.3 Å². The number of hydrogen-bond acceptors (Lipinski definition) is 5. The van der Waals surface area contributed by atoms with Crippen LogP contribution in [0.1, 0.15) is 18.7 Å². The standard InChI is InChI=1S/C20H28N4O2S/c1-27-15-19-21-17-6-2-3-7-18(17)24(19)14-20(25)23-10-8-22(9-11-23)13-16-5-4-12-26-16/h2-3,6-7,16H,4-5,8-15H2,1H3. The third-order valence-corrected chi connectivity index (χ3v) is 6.06. The highest BCUT2D eigenvalue weighted by Crippen LogP contribution is 2.20. The first-order valence-corrected chi connectivity index (χ1v) is 11.2. The van der Waals surface area contributed by atoms with Crippen LogP contribution in [0.15, 0.2) is 24.3 Å². The summed E-state index contributed by atoms with van der Waals surface area (Å²) in [6.45, 7) is 5.77. The molecule has 0 aliphatic carbocycles. The molecule has 0 N–H and O–H groups in total. The highest BCUT2D eigenvalue weighted by molar-refractivity contribution is 7.97. The van der Waals surface area contributed by atoms with Crippen molar-refractivity contribution in [2.45, 2.75) is 31.2 Å². The topological polar surface area (TPSA) is 50.6 Å². The van der Waals surface area contributed by atoms with Gasteiger partial charge in [-0.2, -0.15) is 11.8 Å². The monoisotopic (exact) mass is 388 g/mol. The Kier molecular flexibility index (Phi) is 6.00. The lowest BCUT2D eigenvalue weighted by Crippen LogP contribution is -2.51. The van der Waals surface area contributed by atoms with Crippen molar-refractivity contribution in [3.63, 3.8) is 0 Å². The number of carbonyl (C=O) groups excluding carboxylic acids is 1. The number of aromatic nitrogens is 2. The number of piperazine rings is 1. The lowest BCUT2D eigenvalue weighted by molar-refractivity contribution is -0.133. The van der Waals surface area contributed by atoms with Crippen molar-refractivity contribution >= 4 is 28.7 Å². The van der Waals surface area contributed by atoms with Crippen molar-refractivity contribution in [3.05, 3.63) is 30.1 Å². The summed E-state index contributed by atoms with van der Waals surface area (Å²) in [7, 11) is 0. The van der Waals surface area contributed by atoms with Gasteiger partial charge in [0.05, 0.1) is 22.9 Å². The van der Waals surface area contributed by atoms with E-state index in [9.17, 15) is 4.79 Å². The summed E-state index contributed by atoms with van der Waals surface area (Å²) in [5, 5.41) is 0. The average Bonchev–Trinajstić information content (AvgIpc) is 3.31. The van der Waals surface area contributed by atoms with Crippen LogP contribution in [0.2, 0.25) is 0 Å². The van der Waals surface area contributed by atoms with Gasteiger partial charge >= 0.3 is 0 Å². The Morgan fingerprint density at radius 1 is 1.26 bits per heavy atom. The molecule has 6 nitrogen and oxygen atoms in total. The van der Waals surface area contributed by atoms with E-state index >= 15 is 0 Å². The first-order chi connectivity index (χ1) is 13.2. The van der Waals surface area contributed by atoms with Gasteiger partial charge in [-0.05, 0) is 31.2 Å². The van der Waals surface area contributed by atoms with Crippen molar-refractivity contribution in [3.8, 4) is 0 Å². The number of fused-ring (bicyclic) bond motifs is 1. The van der Waals surface area contributed by atoms with E-state index in [0.29, 0.717) is 12.6 Å². The lowest BCUT2D eigenvalue weighted by Gasteiger charge is -2.35. The third kappa shape index (κ3) is 4.31. The van der Waals surface area contributed by atoms with E-state index in [4.69, 9.17) is 9.72 Å². The van der Waals surface area contributed by atoms with Crippen LogP contribution in [0, 0.1) is 0 Å². The zero-order chi connectivity index (χ0) is 18.6. The van der Waals surface area contributed by atoms with Gasteiger partial charge in [-0.3, -0.25) is 9.69 Å². The molecule has 2 aromatic rings.